The van der Waals surface area contributed by atoms with Crippen LogP contribution < -0.4 is 20.9 Å². The van der Waals surface area contributed by atoms with Crippen molar-refractivity contribution in [3.63, 3.8) is 0 Å². The van der Waals surface area contributed by atoms with Crippen molar-refractivity contribution in [2.24, 2.45) is 0 Å². The van der Waals surface area contributed by atoms with E-state index in [4.69, 9.17) is 16.3 Å². The summed E-state index contributed by atoms with van der Waals surface area (Å²) in [6, 6.07) is 24.9. The lowest BCUT2D eigenvalue weighted by molar-refractivity contribution is 0.0951. The third-order valence-corrected chi connectivity index (χ3v) is 6.02. The van der Waals surface area contributed by atoms with E-state index in [0.29, 0.717) is 34.3 Å². The van der Waals surface area contributed by atoms with Crippen LogP contribution in [0.4, 0.5) is 11.4 Å². The molecule has 9 heteroatoms. The minimum absolute atomic E-state index is 0.152. The van der Waals surface area contributed by atoms with Gasteiger partial charge >= 0.3 is 0 Å². The molecule has 5 rings (SSSR count). The van der Waals surface area contributed by atoms with Crippen LogP contribution in [0.1, 0.15) is 21.5 Å². The number of anilines is 2. The first-order chi connectivity index (χ1) is 19.0. The Morgan fingerprint density at radius 3 is 2.62 bits per heavy atom. The van der Waals surface area contributed by atoms with E-state index in [2.05, 4.69) is 20.7 Å². The van der Waals surface area contributed by atoms with Gasteiger partial charge in [0.15, 0.2) is 11.4 Å². The van der Waals surface area contributed by atoms with Crippen LogP contribution in [-0.4, -0.2) is 20.7 Å². The van der Waals surface area contributed by atoms with Crippen LogP contribution in [0, 0.1) is 6.92 Å². The van der Waals surface area contributed by atoms with Crippen LogP contribution in [0.25, 0.3) is 5.69 Å². The quantitative estimate of drug-likeness (QED) is 0.250. The lowest BCUT2D eigenvalue weighted by Gasteiger charge is -2.15. The van der Waals surface area contributed by atoms with Crippen molar-refractivity contribution in [1.29, 1.82) is 0 Å². The summed E-state index contributed by atoms with van der Waals surface area (Å²) in [4.78, 5) is 30.6. The molecular weight excluding hydrogens is 514 g/mol. The molecule has 0 aliphatic carbocycles. The van der Waals surface area contributed by atoms with Crippen LogP contribution in [-0.2, 0) is 6.54 Å². The number of aromatic nitrogens is 3. The van der Waals surface area contributed by atoms with Gasteiger partial charge < -0.3 is 15.4 Å². The van der Waals surface area contributed by atoms with Crippen molar-refractivity contribution in [3.8, 4) is 17.2 Å². The fourth-order valence-electron chi connectivity index (χ4n) is 3.90. The Morgan fingerprint density at radius 1 is 0.974 bits per heavy atom. The fourth-order valence-corrected chi connectivity index (χ4v) is 4.08. The topological polar surface area (TPSA) is 98.1 Å². The summed E-state index contributed by atoms with van der Waals surface area (Å²) in [5, 5.41) is 10.8. The van der Waals surface area contributed by atoms with E-state index < -0.39 is 5.56 Å². The van der Waals surface area contributed by atoms with E-state index in [1.165, 1.54) is 10.9 Å². The van der Waals surface area contributed by atoms with Crippen LogP contribution >= 0.6 is 11.6 Å². The number of nitrogens with zero attached hydrogens (tertiary/aromatic N) is 3. The summed E-state index contributed by atoms with van der Waals surface area (Å²) < 4.78 is 7.31. The Bertz CT molecular complexity index is 1690. The number of benzene rings is 3. The van der Waals surface area contributed by atoms with Gasteiger partial charge in [-0.3, -0.25) is 14.6 Å². The lowest BCUT2D eigenvalue weighted by atomic mass is 10.1. The first kappa shape index (κ1) is 25.7. The maximum atomic E-state index is 13.7. The highest BCUT2D eigenvalue weighted by atomic mass is 35.5. The Kier molecular flexibility index (Phi) is 7.65. The number of ether oxygens (including phenoxy) is 1. The van der Waals surface area contributed by atoms with Gasteiger partial charge in [-0.25, -0.2) is 0 Å². The van der Waals surface area contributed by atoms with E-state index in [-0.39, 0.29) is 17.3 Å². The molecule has 0 saturated carbocycles. The SMILES string of the molecule is Cc1cccc(Oc2cnn(-c3cccc(Cl)c3)c(=O)c2Nc2cccc(C(=O)NCc3cccnc3)c2)c1. The maximum Gasteiger partial charge on any atom is 0.299 e. The minimum Gasteiger partial charge on any atom is -0.453 e. The molecular formula is C30H24ClN5O3. The standard InChI is InChI=1S/C30H24ClN5O3/c1-20-6-2-12-26(14-20)39-27-19-34-36(25-11-4-9-23(31)16-25)30(38)28(27)35-24-10-3-8-22(15-24)29(37)33-18-21-7-5-13-32-17-21/h2-17,19,35H,18H2,1H3,(H,33,37). The van der Waals surface area contributed by atoms with E-state index in [1.54, 1.807) is 67.0 Å². The number of hydrogen-bond donors (Lipinski definition) is 2. The number of hydrogen-bond acceptors (Lipinski definition) is 6. The second kappa shape index (κ2) is 11.6. The van der Waals surface area contributed by atoms with E-state index in [9.17, 15) is 9.59 Å². The number of aryl methyl sites for hydroxylation is 1. The second-order valence-corrected chi connectivity index (χ2v) is 9.19. The normalized spacial score (nSPS) is 10.6. The smallest absolute Gasteiger partial charge is 0.299 e. The predicted octanol–water partition coefficient (Wildman–Crippen LogP) is 6.06. The van der Waals surface area contributed by atoms with Gasteiger partial charge in [0.05, 0.1) is 11.9 Å². The molecule has 0 spiro atoms. The Hall–Kier alpha value is -4.95. The molecule has 2 heterocycles. The molecule has 39 heavy (non-hydrogen) atoms. The molecule has 194 valence electrons. The van der Waals surface area contributed by atoms with Gasteiger partial charge in [-0.15, -0.1) is 0 Å². The maximum absolute atomic E-state index is 13.7. The van der Waals surface area contributed by atoms with Crippen molar-refractivity contribution in [1.82, 2.24) is 20.1 Å². The number of carbonyl (C=O) groups is 1. The summed E-state index contributed by atoms with van der Waals surface area (Å²) in [6.45, 7) is 2.29. The van der Waals surface area contributed by atoms with Crippen molar-refractivity contribution in [2.75, 3.05) is 5.32 Å². The molecule has 2 aromatic heterocycles. The minimum atomic E-state index is -0.450. The first-order valence-corrected chi connectivity index (χ1v) is 12.5. The average molecular weight is 538 g/mol. The molecule has 0 radical (unpaired) electrons. The van der Waals surface area contributed by atoms with Crippen molar-refractivity contribution >= 4 is 28.9 Å². The average Bonchev–Trinajstić information content (AvgIpc) is 2.94. The Balaban J connectivity index is 1.47. The molecule has 0 unspecified atom stereocenters. The second-order valence-electron chi connectivity index (χ2n) is 8.75. The molecule has 8 nitrogen and oxygen atoms in total. The lowest BCUT2D eigenvalue weighted by Crippen LogP contribution is -2.24. The summed E-state index contributed by atoms with van der Waals surface area (Å²) in [6.07, 6.45) is 4.84. The first-order valence-electron chi connectivity index (χ1n) is 12.1. The molecule has 0 aliphatic heterocycles. The third-order valence-electron chi connectivity index (χ3n) is 5.78. The number of carbonyl (C=O) groups excluding carboxylic acids is 1. The molecule has 3 aromatic carbocycles. The van der Waals surface area contributed by atoms with Gasteiger partial charge in [0.2, 0.25) is 0 Å². The molecule has 0 atom stereocenters. The Labute approximate surface area is 229 Å². The van der Waals surface area contributed by atoms with Crippen LogP contribution in [0.2, 0.25) is 5.02 Å². The van der Waals surface area contributed by atoms with Gasteiger partial charge in [-0.2, -0.15) is 9.78 Å². The molecule has 1 amide bonds. The number of amides is 1. The zero-order valence-electron chi connectivity index (χ0n) is 21.0. The molecule has 2 N–H and O–H groups in total. The number of halogens is 1. The number of pyridine rings is 1. The van der Waals surface area contributed by atoms with E-state index >= 15 is 0 Å². The van der Waals surface area contributed by atoms with Crippen molar-refractivity contribution in [3.05, 3.63) is 136 Å². The highest BCUT2D eigenvalue weighted by molar-refractivity contribution is 6.30. The highest BCUT2D eigenvalue weighted by Gasteiger charge is 2.17. The molecule has 0 aliphatic rings. The molecule has 5 aromatic rings. The van der Waals surface area contributed by atoms with Gasteiger partial charge in [-0.1, -0.05) is 41.9 Å². The van der Waals surface area contributed by atoms with Crippen molar-refractivity contribution in [2.45, 2.75) is 13.5 Å². The van der Waals surface area contributed by atoms with E-state index in [0.717, 1.165) is 11.1 Å². The predicted molar refractivity (Wildman–Crippen MR) is 151 cm³/mol. The number of rotatable bonds is 8. The monoisotopic (exact) mass is 537 g/mol. The third kappa shape index (κ3) is 6.31. The zero-order valence-corrected chi connectivity index (χ0v) is 21.7. The van der Waals surface area contributed by atoms with Gasteiger partial charge in [-0.05, 0) is 72.6 Å². The van der Waals surface area contributed by atoms with Crippen molar-refractivity contribution < 1.29 is 9.53 Å². The van der Waals surface area contributed by atoms with Gasteiger partial charge in [0.1, 0.15) is 5.75 Å². The molecule has 0 fully saturated rings. The van der Waals surface area contributed by atoms with Crippen LogP contribution in [0.3, 0.4) is 0 Å². The van der Waals surface area contributed by atoms with Crippen LogP contribution in [0.5, 0.6) is 11.5 Å². The summed E-state index contributed by atoms with van der Waals surface area (Å²) >= 11 is 6.16. The summed E-state index contributed by atoms with van der Waals surface area (Å²) in [7, 11) is 0. The molecule has 0 saturated heterocycles. The largest absolute Gasteiger partial charge is 0.453 e. The molecule has 0 bridgehead atoms. The zero-order chi connectivity index (χ0) is 27.2. The fraction of sp³-hybridized carbons (Fsp3) is 0.0667. The highest BCUT2D eigenvalue weighted by Crippen LogP contribution is 2.29. The van der Waals surface area contributed by atoms with Crippen LogP contribution in [0.15, 0.2) is 108 Å². The van der Waals surface area contributed by atoms with Gasteiger partial charge in [0, 0.05) is 35.2 Å². The summed E-state index contributed by atoms with van der Waals surface area (Å²) in [5.41, 5.74) is 3.05. The van der Waals surface area contributed by atoms with E-state index in [1.807, 2.05) is 37.3 Å². The van der Waals surface area contributed by atoms with Gasteiger partial charge in [0.25, 0.3) is 11.5 Å². The number of nitrogens with one attached hydrogen (secondary N) is 2. The summed E-state index contributed by atoms with van der Waals surface area (Å²) in [5.74, 6) is 0.531. The Morgan fingerprint density at radius 2 is 1.82 bits per heavy atom.